The summed E-state index contributed by atoms with van der Waals surface area (Å²) in [6, 6.07) is 8.73. The fourth-order valence-corrected chi connectivity index (χ4v) is 1.71. The zero-order valence-corrected chi connectivity index (χ0v) is 9.65. The summed E-state index contributed by atoms with van der Waals surface area (Å²) in [6.07, 6.45) is 0. The van der Waals surface area contributed by atoms with Gasteiger partial charge in [0.2, 0.25) is 0 Å². The minimum absolute atomic E-state index is 0.217. The predicted molar refractivity (Wildman–Crippen MR) is 64.5 cm³/mol. The summed E-state index contributed by atoms with van der Waals surface area (Å²) in [4.78, 5) is 14.0. The second-order valence-corrected chi connectivity index (χ2v) is 3.78. The highest BCUT2D eigenvalue weighted by molar-refractivity contribution is 5.89. The molecule has 0 bridgehead atoms. The number of carbonyl (C=O) groups is 1. The van der Waals surface area contributed by atoms with Crippen molar-refractivity contribution in [2.24, 2.45) is 0 Å². The first kappa shape index (κ1) is 11.3. The second kappa shape index (κ2) is 4.33. The Hall–Kier alpha value is -2.23. The molecule has 1 heterocycles. The maximum Gasteiger partial charge on any atom is 0.335 e. The van der Waals surface area contributed by atoms with Crippen LogP contribution in [0.4, 0.5) is 0 Å². The number of ether oxygens (including phenoxy) is 1. The van der Waals surface area contributed by atoms with Gasteiger partial charge < -0.3 is 14.8 Å². The number of aromatic carboxylic acids is 1. The van der Waals surface area contributed by atoms with Crippen LogP contribution < -0.4 is 4.74 Å². The van der Waals surface area contributed by atoms with Crippen molar-refractivity contribution in [3.63, 3.8) is 0 Å². The van der Waals surface area contributed by atoms with E-state index < -0.39 is 5.97 Å². The average molecular weight is 231 g/mol. The molecule has 0 saturated heterocycles. The molecule has 0 radical (unpaired) electrons. The third kappa shape index (κ3) is 2.15. The molecular formula is C13H13NO3. The molecule has 0 aliphatic carbocycles. The first-order valence-corrected chi connectivity index (χ1v) is 5.19. The SMILES string of the molecule is COc1cc(C(=O)O)ccc1-c1ccc(C)[nH]1. The quantitative estimate of drug-likeness (QED) is 0.853. The minimum atomic E-state index is -0.961. The number of carboxylic acid groups (broad SMARTS) is 1. The van der Waals surface area contributed by atoms with E-state index in [2.05, 4.69) is 4.98 Å². The molecular weight excluding hydrogens is 218 g/mol. The number of carboxylic acids is 1. The van der Waals surface area contributed by atoms with Gasteiger partial charge in [-0.3, -0.25) is 0 Å². The third-order valence-corrected chi connectivity index (χ3v) is 2.57. The van der Waals surface area contributed by atoms with Crippen LogP contribution in [0.3, 0.4) is 0 Å². The predicted octanol–water partition coefficient (Wildman–Crippen LogP) is 2.70. The van der Waals surface area contributed by atoms with Crippen molar-refractivity contribution in [2.75, 3.05) is 7.11 Å². The number of aromatic amines is 1. The maximum absolute atomic E-state index is 10.9. The molecule has 0 aliphatic heterocycles. The highest BCUT2D eigenvalue weighted by atomic mass is 16.5. The highest BCUT2D eigenvalue weighted by Gasteiger charge is 2.11. The Morgan fingerprint density at radius 1 is 1.29 bits per heavy atom. The van der Waals surface area contributed by atoms with Crippen LogP contribution in [0.2, 0.25) is 0 Å². The van der Waals surface area contributed by atoms with Crippen LogP contribution in [0.5, 0.6) is 5.75 Å². The third-order valence-electron chi connectivity index (χ3n) is 2.57. The number of H-pyrrole nitrogens is 1. The molecule has 0 spiro atoms. The smallest absolute Gasteiger partial charge is 0.335 e. The fraction of sp³-hybridized carbons (Fsp3) is 0.154. The van der Waals surface area contributed by atoms with Gasteiger partial charge in [-0.05, 0) is 37.3 Å². The second-order valence-electron chi connectivity index (χ2n) is 3.78. The van der Waals surface area contributed by atoms with Gasteiger partial charge in [-0.1, -0.05) is 0 Å². The summed E-state index contributed by atoms with van der Waals surface area (Å²) in [5, 5.41) is 8.91. The van der Waals surface area contributed by atoms with Crippen LogP contribution in [0.1, 0.15) is 16.1 Å². The molecule has 88 valence electrons. The van der Waals surface area contributed by atoms with E-state index in [1.165, 1.54) is 13.2 Å². The largest absolute Gasteiger partial charge is 0.496 e. The molecule has 0 saturated carbocycles. The molecule has 0 atom stereocenters. The van der Waals surface area contributed by atoms with Gasteiger partial charge in [0.05, 0.1) is 12.7 Å². The standard InChI is InChI=1S/C13H13NO3/c1-8-3-6-11(14-8)10-5-4-9(13(15)16)7-12(10)17-2/h3-7,14H,1-2H3,(H,15,16). The van der Waals surface area contributed by atoms with E-state index in [1.807, 2.05) is 19.1 Å². The summed E-state index contributed by atoms with van der Waals surface area (Å²) in [7, 11) is 1.53. The number of hydrogen-bond donors (Lipinski definition) is 2. The highest BCUT2D eigenvalue weighted by Crippen LogP contribution is 2.30. The monoisotopic (exact) mass is 231 g/mol. The van der Waals surface area contributed by atoms with E-state index in [4.69, 9.17) is 9.84 Å². The van der Waals surface area contributed by atoms with Gasteiger partial charge in [0, 0.05) is 17.0 Å². The number of rotatable bonds is 3. The van der Waals surface area contributed by atoms with Crippen molar-refractivity contribution in [1.82, 2.24) is 4.98 Å². The topological polar surface area (TPSA) is 62.3 Å². The van der Waals surface area contributed by atoms with Gasteiger partial charge in [0.25, 0.3) is 0 Å². The maximum atomic E-state index is 10.9. The first-order valence-electron chi connectivity index (χ1n) is 5.19. The normalized spacial score (nSPS) is 10.2. The van der Waals surface area contributed by atoms with Gasteiger partial charge in [-0.15, -0.1) is 0 Å². The molecule has 0 fully saturated rings. The van der Waals surface area contributed by atoms with Crippen molar-refractivity contribution >= 4 is 5.97 Å². The first-order chi connectivity index (χ1) is 8.11. The van der Waals surface area contributed by atoms with Crippen molar-refractivity contribution in [3.8, 4) is 17.0 Å². The fourth-order valence-electron chi connectivity index (χ4n) is 1.71. The molecule has 2 rings (SSSR count). The van der Waals surface area contributed by atoms with E-state index >= 15 is 0 Å². The van der Waals surface area contributed by atoms with Crippen LogP contribution >= 0.6 is 0 Å². The van der Waals surface area contributed by atoms with Crippen molar-refractivity contribution in [1.29, 1.82) is 0 Å². The van der Waals surface area contributed by atoms with E-state index in [9.17, 15) is 4.79 Å². The summed E-state index contributed by atoms with van der Waals surface area (Å²) in [6.45, 7) is 1.96. The van der Waals surface area contributed by atoms with Crippen LogP contribution in [0.15, 0.2) is 30.3 Å². The Morgan fingerprint density at radius 2 is 2.06 bits per heavy atom. The number of aryl methyl sites for hydroxylation is 1. The summed E-state index contributed by atoms with van der Waals surface area (Å²) >= 11 is 0. The lowest BCUT2D eigenvalue weighted by molar-refractivity contribution is 0.0696. The van der Waals surface area contributed by atoms with Crippen molar-refractivity contribution in [2.45, 2.75) is 6.92 Å². The van der Waals surface area contributed by atoms with Gasteiger partial charge >= 0.3 is 5.97 Å². The Morgan fingerprint density at radius 3 is 2.59 bits per heavy atom. The van der Waals surface area contributed by atoms with Gasteiger partial charge in [-0.2, -0.15) is 0 Å². The van der Waals surface area contributed by atoms with Gasteiger partial charge in [-0.25, -0.2) is 4.79 Å². The van der Waals surface area contributed by atoms with Crippen LogP contribution in [-0.4, -0.2) is 23.2 Å². The number of aromatic nitrogens is 1. The molecule has 0 aliphatic rings. The lowest BCUT2D eigenvalue weighted by Crippen LogP contribution is -1.98. The molecule has 0 amide bonds. The molecule has 4 nitrogen and oxygen atoms in total. The minimum Gasteiger partial charge on any atom is -0.496 e. The molecule has 4 heteroatoms. The lowest BCUT2D eigenvalue weighted by atomic mass is 10.1. The summed E-state index contributed by atoms with van der Waals surface area (Å²) in [5.41, 5.74) is 3.03. The van der Waals surface area contributed by atoms with Gasteiger partial charge in [0.15, 0.2) is 0 Å². The number of nitrogens with one attached hydrogen (secondary N) is 1. The lowest BCUT2D eigenvalue weighted by Gasteiger charge is -2.08. The molecule has 2 N–H and O–H groups in total. The van der Waals surface area contributed by atoms with Gasteiger partial charge in [0.1, 0.15) is 5.75 Å². The van der Waals surface area contributed by atoms with Crippen LogP contribution in [0, 0.1) is 6.92 Å². The van der Waals surface area contributed by atoms with E-state index in [0.717, 1.165) is 17.0 Å². The molecule has 0 unspecified atom stereocenters. The number of methoxy groups -OCH3 is 1. The molecule has 2 aromatic rings. The van der Waals surface area contributed by atoms with E-state index in [0.29, 0.717) is 5.75 Å². The Bertz CT molecular complexity index is 558. The van der Waals surface area contributed by atoms with Crippen molar-refractivity contribution in [3.05, 3.63) is 41.6 Å². The number of hydrogen-bond acceptors (Lipinski definition) is 2. The van der Waals surface area contributed by atoms with Crippen LogP contribution in [0.25, 0.3) is 11.3 Å². The summed E-state index contributed by atoms with van der Waals surface area (Å²) in [5.74, 6) is -0.413. The molecule has 1 aromatic carbocycles. The number of benzene rings is 1. The molecule has 1 aromatic heterocycles. The van der Waals surface area contributed by atoms with E-state index in [-0.39, 0.29) is 5.56 Å². The molecule has 17 heavy (non-hydrogen) atoms. The Kier molecular flexibility index (Phi) is 2.87. The Labute approximate surface area is 98.9 Å². The zero-order chi connectivity index (χ0) is 12.4. The van der Waals surface area contributed by atoms with E-state index in [1.54, 1.807) is 12.1 Å². The summed E-state index contributed by atoms with van der Waals surface area (Å²) < 4.78 is 5.22. The zero-order valence-electron chi connectivity index (χ0n) is 9.65. The average Bonchev–Trinajstić information content (AvgIpc) is 2.74. The Balaban J connectivity index is 2.51. The van der Waals surface area contributed by atoms with Crippen LogP contribution in [-0.2, 0) is 0 Å². The van der Waals surface area contributed by atoms with Crippen molar-refractivity contribution < 1.29 is 14.6 Å².